The molecule has 3 aliphatic rings. The molecule has 160 valence electrons. The molecule has 2 amide bonds. The van der Waals surface area contributed by atoms with E-state index in [2.05, 4.69) is 20.5 Å². The van der Waals surface area contributed by atoms with E-state index in [9.17, 15) is 9.59 Å². The predicted octanol–water partition coefficient (Wildman–Crippen LogP) is 3.37. The summed E-state index contributed by atoms with van der Waals surface area (Å²) in [6, 6.07) is 11.2. The van der Waals surface area contributed by atoms with E-state index in [0.29, 0.717) is 22.1 Å². The fourth-order valence-corrected chi connectivity index (χ4v) is 4.74. The summed E-state index contributed by atoms with van der Waals surface area (Å²) >= 11 is 6.20. The van der Waals surface area contributed by atoms with Crippen LogP contribution in [0.25, 0.3) is 11.4 Å². The molecule has 0 bridgehead atoms. The summed E-state index contributed by atoms with van der Waals surface area (Å²) in [7, 11) is 0. The van der Waals surface area contributed by atoms with E-state index in [-0.39, 0.29) is 24.2 Å². The van der Waals surface area contributed by atoms with Gasteiger partial charge < -0.3 is 4.52 Å². The molecule has 1 saturated heterocycles. The highest BCUT2D eigenvalue weighted by Gasteiger charge is 2.55. The number of aromatic nitrogens is 2. The molecule has 1 aliphatic carbocycles. The average Bonchev–Trinajstić information content (AvgIpc) is 3.56. The lowest BCUT2D eigenvalue weighted by Crippen LogP contribution is -2.39. The normalized spacial score (nSPS) is 21.5. The van der Waals surface area contributed by atoms with E-state index in [1.165, 1.54) is 21.0 Å². The molecule has 3 heterocycles. The maximum atomic E-state index is 13.2. The van der Waals surface area contributed by atoms with Crippen LogP contribution in [0.15, 0.2) is 57.3 Å². The highest BCUT2D eigenvalue weighted by molar-refractivity contribution is 6.33. The Hall–Kier alpha value is -3.59. The van der Waals surface area contributed by atoms with Crippen LogP contribution in [-0.4, -0.2) is 39.0 Å². The van der Waals surface area contributed by atoms with Gasteiger partial charge in [0.15, 0.2) is 12.1 Å². The van der Waals surface area contributed by atoms with Crippen LogP contribution in [0.4, 0.5) is 5.69 Å². The molecule has 1 fully saturated rings. The lowest BCUT2D eigenvalue weighted by molar-refractivity contribution is -0.123. The number of hydrogen-bond donors (Lipinski definition) is 0. The van der Waals surface area contributed by atoms with E-state index in [1.807, 2.05) is 30.3 Å². The van der Waals surface area contributed by atoms with Crippen molar-refractivity contribution in [1.29, 1.82) is 0 Å². The first-order valence-corrected chi connectivity index (χ1v) is 10.7. The summed E-state index contributed by atoms with van der Waals surface area (Å²) in [5.74, 6) is -0.136. The number of anilines is 1. The number of rotatable bonds is 4. The fraction of sp³-hybridized carbons (Fsp3) is 0.273. The van der Waals surface area contributed by atoms with Crippen molar-refractivity contribution in [1.82, 2.24) is 15.1 Å². The summed E-state index contributed by atoms with van der Waals surface area (Å²) in [6.07, 6.45) is 3.09. The molecule has 2 aromatic carbocycles. The Bertz CT molecular complexity index is 1290. The molecule has 0 radical (unpaired) electrons. The van der Waals surface area contributed by atoms with Crippen molar-refractivity contribution in [3.05, 3.63) is 64.5 Å². The van der Waals surface area contributed by atoms with Gasteiger partial charge in [-0.2, -0.15) is 10.1 Å². The highest BCUT2D eigenvalue weighted by atomic mass is 35.5. The van der Waals surface area contributed by atoms with Gasteiger partial charge in [0.2, 0.25) is 11.7 Å². The number of fused-ring (bicyclic) bond motifs is 2. The Morgan fingerprint density at radius 2 is 1.91 bits per heavy atom. The van der Waals surface area contributed by atoms with E-state index in [0.717, 1.165) is 19.3 Å². The summed E-state index contributed by atoms with van der Waals surface area (Å²) in [4.78, 5) is 31.8. The molecular formula is C22H17ClN6O3. The van der Waals surface area contributed by atoms with Crippen LogP contribution in [0.1, 0.15) is 23.4 Å². The number of nitrogens with zero attached hydrogens (tertiary/aromatic N) is 6. The molecule has 1 aromatic heterocycles. The van der Waals surface area contributed by atoms with Gasteiger partial charge in [0.1, 0.15) is 6.54 Å². The molecule has 32 heavy (non-hydrogen) atoms. The quantitative estimate of drug-likeness (QED) is 0.567. The maximum Gasteiger partial charge on any atom is 0.263 e. The average molecular weight is 449 g/mol. The number of aryl methyl sites for hydroxylation is 2. The Morgan fingerprint density at radius 3 is 2.78 bits per heavy atom. The Kier molecular flexibility index (Phi) is 4.32. The van der Waals surface area contributed by atoms with E-state index >= 15 is 0 Å². The molecule has 2 aliphatic heterocycles. The number of benzene rings is 2. The first-order chi connectivity index (χ1) is 15.6. The monoisotopic (exact) mass is 448 g/mol. The predicted molar refractivity (Wildman–Crippen MR) is 114 cm³/mol. The van der Waals surface area contributed by atoms with E-state index in [4.69, 9.17) is 16.1 Å². The molecule has 6 rings (SSSR count). The second-order valence-corrected chi connectivity index (χ2v) is 8.41. The number of carbonyl (C=O) groups is 2. The summed E-state index contributed by atoms with van der Waals surface area (Å²) in [6.45, 7) is 0.0547. The molecule has 2 atom stereocenters. The van der Waals surface area contributed by atoms with Crippen molar-refractivity contribution in [2.75, 3.05) is 4.90 Å². The smallest absolute Gasteiger partial charge is 0.263 e. The molecule has 0 spiro atoms. The molecule has 10 heteroatoms. The van der Waals surface area contributed by atoms with Gasteiger partial charge in [-0.15, -0.1) is 0 Å². The largest absolute Gasteiger partial charge is 0.337 e. The van der Waals surface area contributed by atoms with Crippen molar-refractivity contribution >= 4 is 29.1 Å². The van der Waals surface area contributed by atoms with Gasteiger partial charge in [0.05, 0.1) is 10.7 Å². The van der Waals surface area contributed by atoms with Crippen molar-refractivity contribution in [2.45, 2.75) is 37.9 Å². The van der Waals surface area contributed by atoms with Gasteiger partial charge in [-0.3, -0.25) is 14.6 Å². The van der Waals surface area contributed by atoms with Crippen LogP contribution in [0, 0.1) is 0 Å². The zero-order chi connectivity index (χ0) is 21.8. The van der Waals surface area contributed by atoms with Crippen LogP contribution in [0.5, 0.6) is 0 Å². The second kappa shape index (κ2) is 7.23. The number of imide groups is 1. The Morgan fingerprint density at radius 1 is 1.06 bits per heavy atom. The lowest BCUT2D eigenvalue weighted by atomic mass is 10.1. The van der Waals surface area contributed by atoms with E-state index in [1.54, 1.807) is 12.1 Å². The summed E-state index contributed by atoms with van der Waals surface area (Å²) < 4.78 is 5.34. The fourth-order valence-electron chi connectivity index (χ4n) is 4.52. The highest BCUT2D eigenvalue weighted by Crippen LogP contribution is 2.35. The molecular weight excluding hydrogens is 432 g/mol. The minimum atomic E-state index is -0.873. The minimum absolute atomic E-state index is 0.0547. The van der Waals surface area contributed by atoms with Gasteiger partial charge in [-0.05, 0) is 54.7 Å². The summed E-state index contributed by atoms with van der Waals surface area (Å²) in [5, 5.41) is 14.0. The zero-order valence-corrected chi connectivity index (χ0v) is 17.6. The van der Waals surface area contributed by atoms with Gasteiger partial charge in [-0.25, -0.2) is 4.90 Å². The van der Waals surface area contributed by atoms with Crippen LogP contribution in [0.3, 0.4) is 0 Å². The standard InChI is InChI=1S/C22H17ClN6O3/c23-16-7-2-1-6-15(16)20-24-17(32-26-20)11-28-19-18(25-27-28)21(30)29(22(19)31)14-9-8-12-4-3-5-13(12)10-14/h1-2,6-10,18-19H,3-5,11H2. The molecule has 9 nitrogen and oxygen atoms in total. The number of hydrogen-bond acceptors (Lipinski definition) is 8. The third-order valence-corrected chi connectivity index (χ3v) is 6.41. The van der Waals surface area contributed by atoms with Gasteiger partial charge in [0.25, 0.3) is 11.8 Å². The Balaban J connectivity index is 1.24. The van der Waals surface area contributed by atoms with Crippen LogP contribution >= 0.6 is 11.6 Å². The van der Waals surface area contributed by atoms with Crippen molar-refractivity contribution < 1.29 is 14.1 Å². The van der Waals surface area contributed by atoms with Crippen molar-refractivity contribution in [3.63, 3.8) is 0 Å². The van der Waals surface area contributed by atoms with Gasteiger partial charge >= 0.3 is 0 Å². The van der Waals surface area contributed by atoms with Crippen molar-refractivity contribution in [2.24, 2.45) is 10.3 Å². The molecule has 0 N–H and O–H groups in total. The first kappa shape index (κ1) is 19.1. The number of halogens is 1. The third-order valence-electron chi connectivity index (χ3n) is 6.08. The van der Waals surface area contributed by atoms with Gasteiger partial charge in [-0.1, -0.05) is 40.2 Å². The Labute approximate surface area is 187 Å². The van der Waals surface area contributed by atoms with Gasteiger partial charge in [0, 0.05) is 5.56 Å². The second-order valence-electron chi connectivity index (χ2n) is 8.00. The van der Waals surface area contributed by atoms with Crippen LogP contribution in [0.2, 0.25) is 5.02 Å². The minimum Gasteiger partial charge on any atom is -0.337 e. The topological polar surface area (TPSA) is 104 Å². The third kappa shape index (κ3) is 2.92. The molecule has 0 saturated carbocycles. The zero-order valence-electron chi connectivity index (χ0n) is 16.8. The summed E-state index contributed by atoms with van der Waals surface area (Å²) in [5.41, 5.74) is 3.70. The van der Waals surface area contributed by atoms with Crippen LogP contribution in [-0.2, 0) is 29.0 Å². The maximum absolute atomic E-state index is 13.2. The van der Waals surface area contributed by atoms with Crippen molar-refractivity contribution in [3.8, 4) is 11.4 Å². The number of amides is 2. The number of carbonyl (C=O) groups excluding carboxylic acids is 2. The molecule has 2 unspecified atom stereocenters. The van der Waals surface area contributed by atoms with E-state index < -0.39 is 12.1 Å². The SMILES string of the molecule is O=C1C2N=NN(Cc3nc(-c4ccccc4Cl)no3)C2C(=O)N1c1ccc2c(c1)CCC2. The van der Waals surface area contributed by atoms with Crippen LogP contribution < -0.4 is 4.90 Å². The lowest BCUT2D eigenvalue weighted by Gasteiger charge is -2.19. The first-order valence-electron chi connectivity index (χ1n) is 10.3. The molecule has 3 aromatic rings.